The van der Waals surface area contributed by atoms with Crippen molar-refractivity contribution in [2.75, 3.05) is 0 Å². The average molecular weight is 172 g/mol. The van der Waals surface area contributed by atoms with Crippen LogP contribution in [0.5, 0.6) is 0 Å². The monoisotopic (exact) mass is 172 g/mol. The van der Waals surface area contributed by atoms with Crippen LogP contribution in [-0.2, 0) is 4.74 Å². The van der Waals surface area contributed by atoms with Gasteiger partial charge < -0.3 is 9.84 Å². The standard InChI is InChI=1S/C7H8O3S/c1-5(10-7(8)9)6-3-2-4-11-6/h2-5H,1H3,(H,8,9). The van der Waals surface area contributed by atoms with Crippen molar-refractivity contribution in [1.29, 1.82) is 0 Å². The molecule has 1 atom stereocenters. The van der Waals surface area contributed by atoms with E-state index in [2.05, 4.69) is 4.74 Å². The normalized spacial score (nSPS) is 12.5. The second-order valence-electron chi connectivity index (χ2n) is 2.04. The van der Waals surface area contributed by atoms with Gasteiger partial charge in [0.15, 0.2) is 0 Å². The van der Waals surface area contributed by atoms with Crippen LogP contribution in [0.3, 0.4) is 0 Å². The highest BCUT2D eigenvalue weighted by Gasteiger charge is 2.09. The lowest BCUT2D eigenvalue weighted by Crippen LogP contribution is -2.03. The zero-order valence-electron chi connectivity index (χ0n) is 5.98. The van der Waals surface area contributed by atoms with E-state index < -0.39 is 6.16 Å². The van der Waals surface area contributed by atoms with Crippen molar-refractivity contribution in [1.82, 2.24) is 0 Å². The molecule has 0 saturated carbocycles. The van der Waals surface area contributed by atoms with Crippen molar-refractivity contribution in [3.63, 3.8) is 0 Å². The number of hydrogen-bond acceptors (Lipinski definition) is 3. The van der Waals surface area contributed by atoms with E-state index >= 15 is 0 Å². The van der Waals surface area contributed by atoms with Crippen LogP contribution in [-0.4, -0.2) is 11.3 Å². The van der Waals surface area contributed by atoms with Gasteiger partial charge in [-0.3, -0.25) is 0 Å². The zero-order valence-corrected chi connectivity index (χ0v) is 6.80. The van der Waals surface area contributed by atoms with E-state index in [9.17, 15) is 4.79 Å². The van der Waals surface area contributed by atoms with Gasteiger partial charge in [0, 0.05) is 4.88 Å². The molecule has 1 unspecified atom stereocenters. The van der Waals surface area contributed by atoms with E-state index in [1.807, 2.05) is 17.5 Å². The second-order valence-corrected chi connectivity index (χ2v) is 3.02. The minimum Gasteiger partial charge on any atom is -0.450 e. The maximum Gasteiger partial charge on any atom is 0.506 e. The molecule has 0 fully saturated rings. The Kier molecular flexibility index (Phi) is 2.48. The van der Waals surface area contributed by atoms with Crippen molar-refractivity contribution in [2.24, 2.45) is 0 Å². The minimum absolute atomic E-state index is 0.354. The lowest BCUT2D eigenvalue weighted by molar-refractivity contribution is 0.0600. The molecule has 11 heavy (non-hydrogen) atoms. The first kappa shape index (κ1) is 8.07. The first-order chi connectivity index (χ1) is 5.20. The van der Waals surface area contributed by atoms with Crippen LogP contribution in [0.4, 0.5) is 4.79 Å². The van der Waals surface area contributed by atoms with Gasteiger partial charge in [-0.25, -0.2) is 4.79 Å². The number of carboxylic acid groups (broad SMARTS) is 1. The fourth-order valence-corrected chi connectivity index (χ4v) is 1.44. The highest BCUT2D eigenvalue weighted by atomic mass is 32.1. The van der Waals surface area contributed by atoms with Gasteiger partial charge in [-0.15, -0.1) is 11.3 Å². The lowest BCUT2D eigenvalue weighted by Gasteiger charge is -2.06. The first-order valence-corrected chi connectivity index (χ1v) is 4.01. The molecular formula is C7H8O3S. The smallest absolute Gasteiger partial charge is 0.450 e. The largest absolute Gasteiger partial charge is 0.506 e. The summed E-state index contributed by atoms with van der Waals surface area (Å²) < 4.78 is 4.52. The molecule has 60 valence electrons. The molecule has 0 aliphatic rings. The highest BCUT2D eigenvalue weighted by Crippen LogP contribution is 2.21. The SMILES string of the molecule is CC(OC(=O)O)c1cccs1. The van der Waals surface area contributed by atoms with E-state index in [1.54, 1.807) is 6.92 Å². The summed E-state index contributed by atoms with van der Waals surface area (Å²) in [5.74, 6) is 0. The average Bonchev–Trinajstić information content (AvgIpc) is 2.35. The quantitative estimate of drug-likeness (QED) is 0.697. The van der Waals surface area contributed by atoms with Crippen LogP contribution in [0, 0.1) is 0 Å². The summed E-state index contributed by atoms with van der Waals surface area (Å²) in [6.07, 6.45) is -1.58. The highest BCUT2D eigenvalue weighted by molar-refractivity contribution is 7.10. The summed E-state index contributed by atoms with van der Waals surface area (Å²) >= 11 is 1.48. The Morgan fingerprint density at radius 2 is 2.55 bits per heavy atom. The van der Waals surface area contributed by atoms with Gasteiger partial charge in [-0.1, -0.05) is 6.07 Å². The molecule has 1 rings (SSSR count). The van der Waals surface area contributed by atoms with Crippen LogP contribution >= 0.6 is 11.3 Å². The number of carbonyl (C=O) groups is 1. The molecule has 4 heteroatoms. The van der Waals surface area contributed by atoms with Gasteiger partial charge in [0.1, 0.15) is 6.10 Å². The van der Waals surface area contributed by atoms with E-state index in [0.29, 0.717) is 0 Å². The fourth-order valence-electron chi connectivity index (χ4n) is 0.732. The van der Waals surface area contributed by atoms with E-state index in [0.717, 1.165) is 4.88 Å². The van der Waals surface area contributed by atoms with Crippen molar-refractivity contribution >= 4 is 17.5 Å². The third kappa shape index (κ3) is 2.23. The minimum atomic E-state index is -1.23. The molecule has 0 saturated heterocycles. The van der Waals surface area contributed by atoms with Crippen molar-refractivity contribution in [3.8, 4) is 0 Å². The summed E-state index contributed by atoms with van der Waals surface area (Å²) in [6, 6.07) is 3.71. The summed E-state index contributed by atoms with van der Waals surface area (Å²) in [7, 11) is 0. The van der Waals surface area contributed by atoms with Gasteiger partial charge in [-0.05, 0) is 18.4 Å². The molecular weight excluding hydrogens is 164 g/mol. The van der Waals surface area contributed by atoms with Crippen molar-refractivity contribution in [3.05, 3.63) is 22.4 Å². The number of hydrogen-bond donors (Lipinski definition) is 1. The van der Waals surface area contributed by atoms with E-state index in [1.165, 1.54) is 11.3 Å². The summed E-state index contributed by atoms with van der Waals surface area (Å²) in [4.78, 5) is 11.0. The maximum atomic E-state index is 10.1. The van der Waals surface area contributed by atoms with Gasteiger partial charge in [0.25, 0.3) is 0 Å². The molecule has 0 bridgehead atoms. The molecule has 0 aliphatic carbocycles. The number of thiophene rings is 1. The molecule has 1 heterocycles. The predicted octanol–water partition coefficient (Wildman–Crippen LogP) is 2.50. The molecule has 1 aromatic heterocycles. The molecule has 0 aliphatic heterocycles. The fraction of sp³-hybridized carbons (Fsp3) is 0.286. The predicted molar refractivity (Wildman–Crippen MR) is 41.8 cm³/mol. The van der Waals surface area contributed by atoms with Gasteiger partial charge in [0.05, 0.1) is 0 Å². The Hall–Kier alpha value is -1.03. The lowest BCUT2D eigenvalue weighted by atomic mass is 10.3. The molecule has 0 amide bonds. The van der Waals surface area contributed by atoms with Crippen LogP contribution in [0.2, 0.25) is 0 Å². The molecule has 1 N–H and O–H groups in total. The second kappa shape index (κ2) is 3.39. The third-order valence-corrected chi connectivity index (χ3v) is 2.25. The van der Waals surface area contributed by atoms with Gasteiger partial charge in [-0.2, -0.15) is 0 Å². The Bertz CT molecular complexity index is 230. The summed E-state index contributed by atoms with van der Waals surface area (Å²) in [6.45, 7) is 1.71. The Balaban J connectivity index is 2.56. The van der Waals surface area contributed by atoms with Crippen molar-refractivity contribution in [2.45, 2.75) is 13.0 Å². The summed E-state index contributed by atoms with van der Waals surface area (Å²) in [5.41, 5.74) is 0. The Labute approximate surface area is 68.2 Å². The third-order valence-electron chi connectivity index (χ3n) is 1.22. The van der Waals surface area contributed by atoms with Gasteiger partial charge in [0.2, 0.25) is 0 Å². The Morgan fingerprint density at radius 3 is 3.00 bits per heavy atom. The maximum absolute atomic E-state index is 10.1. The molecule has 3 nitrogen and oxygen atoms in total. The van der Waals surface area contributed by atoms with Crippen LogP contribution in [0.1, 0.15) is 17.9 Å². The van der Waals surface area contributed by atoms with Crippen LogP contribution < -0.4 is 0 Å². The molecule has 0 aromatic carbocycles. The van der Waals surface area contributed by atoms with Crippen molar-refractivity contribution < 1.29 is 14.6 Å². The van der Waals surface area contributed by atoms with Crippen LogP contribution in [0.15, 0.2) is 17.5 Å². The van der Waals surface area contributed by atoms with Gasteiger partial charge >= 0.3 is 6.16 Å². The zero-order chi connectivity index (χ0) is 8.27. The molecule has 0 spiro atoms. The van der Waals surface area contributed by atoms with Crippen LogP contribution in [0.25, 0.3) is 0 Å². The first-order valence-electron chi connectivity index (χ1n) is 3.13. The number of ether oxygens (including phenoxy) is 1. The molecule has 0 radical (unpaired) electrons. The molecule has 1 aromatic rings. The van der Waals surface area contributed by atoms with E-state index in [-0.39, 0.29) is 6.10 Å². The summed E-state index contributed by atoms with van der Waals surface area (Å²) in [5, 5.41) is 10.2. The van der Waals surface area contributed by atoms with E-state index in [4.69, 9.17) is 5.11 Å². The Morgan fingerprint density at radius 1 is 1.82 bits per heavy atom. The topological polar surface area (TPSA) is 46.5 Å². The number of rotatable bonds is 2.